The summed E-state index contributed by atoms with van der Waals surface area (Å²) in [6.07, 6.45) is 0. The maximum absolute atomic E-state index is 13.8. The standard InChI is InChI=1S/C13H16FNO2/c1-8-5-9(2)12(10(14)6-8)13(16)11-7-17-4-3-15-11/h5-6,11,15H,3-4,7H2,1-2H3. The van der Waals surface area contributed by atoms with Crippen LogP contribution in [-0.2, 0) is 4.74 Å². The van der Waals surface area contributed by atoms with E-state index >= 15 is 0 Å². The number of benzene rings is 1. The van der Waals surface area contributed by atoms with Crippen molar-refractivity contribution in [1.82, 2.24) is 5.32 Å². The maximum atomic E-state index is 13.8. The summed E-state index contributed by atoms with van der Waals surface area (Å²) in [7, 11) is 0. The van der Waals surface area contributed by atoms with Crippen molar-refractivity contribution in [1.29, 1.82) is 0 Å². The molecule has 1 aromatic carbocycles. The summed E-state index contributed by atoms with van der Waals surface area (Å²) in [5, 5.41) is 3.05. The molecule has 1 saturated heterocycles. The van der Waals surface area contributed by atoms with Crippen LogP contribution in [0.5, 0.6) is 0 Å². The molecule has 0 bridgehead atoms. The smallest absolute Gasteiger partial charge is 0.185 e. The summed E-state index contributed by atoms with van der Waals surface area (Å²) in [6.45, 7) is 5.10. The summed E-state index contributed by atoms with van der Waals surface area (Å²) >= 11 is 0. The van der Waals surface area contributed by atoms with Gasteiger partial charge in [-0.3, -0.25) is 4.79 Å². The van der Waals surface area contributed by atoms with Crippen molar-refractivity contribution in [3.05, 3.63) is 34.6 Å². The van der Waals surface area contributed by atoms with Crippen LogP contribution in [0.3, 0.4) is 0 Å². The summed E-state index contributed by atoms with van der Waals surface area (Å²) in [6, 6.07) is 2.78. The Bertz CT molecular complexity index is 416. The average molecular weight is 237 g/mol. The minimum Gasteiger partial charge on any atom is -0.378 e. The molecular formula is C13H16FNO2. The van der Waals surface area contributed by atoms with Crippen LogP contribution in [0.4, 0.5) is 4.39 Å². The van der Waals surface area contributed by atoms with Gasteiger partial charge in [-0.15, -0.1) is 0 Å². The second kappa shape index (κ2) is 4.94. The van der Waals surface area contributed by atoms with Gasteiger partial charge in [0.05, 0.1) is 24.8 Å². The van der Waals surface area contributed by atoms with Gasteiger partial charge in [0.2, 0.25) is 0 Å². The molecule has 1 heterocycles. The number of carbonyl (C=O) groups is 1. The van der Waals surface area contributed by atoms with E-state index in [9.17, 15) is 9.18 Å². The molecule has 0 amide bonds. The highest BCUT2D eigenvalue weighted by atomic mass is 19.1. The van der Waals surface area contributed by atoms with Gasteiger partial charge < -0.3 is 10.1 Å². The number of ketones is 1. The van der Waals surface area contributed by atoms with Crippen LogP contribution >= 0.6 is 0 Å². The zero-order chi connectivity index (χ0) is 12.4. The van der Waals surface area contributed by atoms with Gasteiger partial charge in [-0.05, 0) is 31.0 Å². The molecule has 1 atom stereocenters. The highest BCUT2D eigenvalue weighted by Crippen LogP contribution is 2.18. The van der Waals surface area contributed by atoms with Gasteiger partial charge in [0.25, 0.3) is 0 Å². The van der Waals surface area contributed by atoms with Gasteiger partial charge in [-0.25, -0.2) is 4.39 Å². The van der Waals surface area contributed by atoms with E-state index < -0.39 is 11.9 Å². The van der Waals surface area contributed by atoms with Crippen LogP contribution in [0.15, 0.2) is 12.1 Å². The van der Waals surface area contributed by atoms with Crippen LogP contribution in [0.25, 0.3) is 0 Å². The molecule has 17 heavy (non-hydrogen) atoms. The zero-order valence-electron chi connectivity index (χ0n) is 10.0. The Balaban J connectivity index is 2.30. The molecule has 1 aromatic rings. The molecule has 1 N–H and O–H groups in total. The monoisotopic (exact) mass is 237 g/mol. The lowest BCUT2D eigenvalue weighted by molar-refractivity contribution is 0.0604. The highest BCUT2D eigenvalue weighted by Gasteiger charge is 2.26. The highest BCUT2D eigenvalue weighted by molar-refractivity contribution is 6.01. The molecule has 1 aliphatic heterocycles. The average Bonchev–Trinajstić information content (AvgIpc) is 2.28. The summed E-state index contributed by atoms with van der Waals surface area (Å²) in [5.41, 5.74) is 1.68. The molecule has 0 aliphatic carbocycles. The quantitative estimate of drug-likeness (QED) is 0.794. The van der Waals surface area contributed by atoms with E-state index in [1.54, 1.807) is 6.92 Å². The second-order valence-electron chi connectivity index (χ2n) is 4.38. The number of hydrogen-bond acceptors (Lipinski definition) is 3. The second-order valence-corrected chi connectivity index (χ2v) is 4.38. The van der Waals surface area contributed by atoms with Crippen molar-refractivity contribution < 1.29 is 13.9 Å². The van der Waals surface area contributed by atoms with E-state index in [4.69, 9.17) is 4.74 Å². The normalized spacial score (nSPS) is 20.3. The molecular weight excluding hydrogens is 221 g/mol. The molecule has 1 unspecified atom stereocenters. The lowest BCUT2D eigenvalue weighted by Gasteiger charge is -2.23. The fraction of sp³-hybridized carbons (Fsp3) is 0.462. The lowest BCUT2D eigenvalue weighted by Crippen LogP contribution is -2.46. The largest absolute Gasteiger partial charge is 0.378 e. The summed E-state index contributed by atoms with van der Waals surface area (Å²) < 4.78 is 19.0. The Morgan fingerprint density at radius 2 is 2.24 bits per heavy atom. The van der Waals surface area contributed by atoms with Crippen LogP contribution < -0.4 is 5.32 Å². The Hall–Kier alpha value is -1.26. The van der Waals surface area contributed by atoms with Gasteiger partial charge in [-0.2, -0.15) is 0 Å². The fourth-order valence-corrected chi connectivity index (χ4v) is 2.14. The number of carbonyl (C=O) groups excluding carboxylic acids is 1. The predicted molar refractivity (Wildman–Crippen MR) is 62.8 cm³/mol. The maximum Gasteiger partial charge on any atom is 0.185 e. The van der Waals surface area contributed by atoms with E-state index in [1.165, 1.54) is 6.07 Å². The number of hydrogen-bond donors (Lipinski definition) is 1. The number of aryl methyl sites for hydroxylation is 2. The van der Waals surface area contributed by atoms with Gasteiger partial charge in [0.1, 0.15) is 5.82 Å². The first-order valence-corrected chi connectivity index (χ1v) is 5.71. The van der Waals surface area contributed by atoms with Crippen LogP contribution in [-0.4, -0.2) is 31.6 Å². The SMILES string of the molecule is Cc1cc(C)c(C(=O)C2COCCN2)c(F)c1. The number of nitrogens with one attached hydrogen (secondary N) is 1. The summed E-state index contributed by atoms with van der Waals surface area (Å²) in [4.78, 5) is 12.2. The molecule has 1 fully saturated rings. The van der Waals surface area contributed by atoms with Crippen molar-refractivity contribution in [2.24, 2.45) is 0 Å². The number of morpholine rings is 1. The molecule has 1 aliphatic rings. The number of ether oxygens (including phenoxy) is 1. The molecule has 0 aromatic heterocycles. The van der Waals surface area contributed by atoms with Gasteiger partial charge >= 0.3 is 0 Å². The van der Waals surface area contributed by atoms with Crippen LogP contribution in [0.2, 0.25) is 0 Å². The number of halogens is 1. The van der Waals surface area contributed by atoms with Crippen molar-refractivity contribution in [2.75, 3.05) is 19.8 Å². The molecule has 0 radical (unpaired) electrons. The Morgan fingerprint density at radius 1 is 1.47 bits per heavy atom. The number of rotatable bonds is 2. The van der Waals surface area contributed by atoms with Crippen molar-refractivity contribution >= 4 is 5.78 Å². The molecule has 4 heteroatoms. The minimum absolute atomic E-state index is 0.179. The van der Waals surface area contributed by atoms with Crippen molar-refractivity contribution in [3.8, 4) is 0 Å². The van der Waals surface area contributed by atoms with Crippen LogP contribution in [0, 0.1) is 19.7 Å². The van der Waals surface area contributed by atoms with E-state index in [1.807, 2.05) is 13.0 Å². The Kier molecular flexibility index (Phi) is 3.54. The predicted octanol–water partition coefficient (Wildman–Crippen LogP) is 1.61. The van der Waals surface area contributed by atoms with E-state index in [0.29, 0.717) is 25.3 Å². The third kappa shape index (κ3) is 2.53. The first kappa shape index (κ1) is 12.2. The fourth-order valence-electron chi connectivity index (χ4n) is 2.14. The van der Waals surface area contributed by atoms with E-state index in [0.717, 1.165) is 5.56 Å². The first-order chi connectivity index (χ1) is 8.09. The topological polar surface area (TPSA) is 38.3 Å². The third-order valence-corrected chi connectivity index (χ3v) is 2.92. The first-order valence-electron chi connectivity index (χ1n) is 5.71. The van der Waals surface area contributed by atoms with Gasteiger partial charge in [0.15, 0.2) is 5.78 Å². The van der Waals surface area contributed by atoms with Gasteiger partial charge in [0, 0.05) is 6.54 Å². The Labute approximate surface area is 100.0 Å². The lowest BCUT2D eigenvalue weighted by atomic mass is 9.97. The van der Waals surface area contributed by atoms with Crippen LogP contribution in [0.1, 0.15) is 21.5 Å². The molecule has 92 valence electrons. The molecule has 0 spiro atoms. The molecule has 2 rings (SSSR count). The summed E-state index contributed by atoms with van der Waals surface area (Å²) in [5.74, 6) is -0.667. The van der Waals surface area contributed by atoms with E-state index in [2.05, 4.69) is 5.32 Å². The molecule has 0 saturated carbocycles. The number of Topliss-reactive ketones (excluding diaryl/α,β-unsaturated/α-hetero) is 1. The van der Waals surface area contributed by atoms with E-state index in [-0.39, 0.29) is 11.3 Å². The van der Waals surface area contributed by atoms with Crippen molar-refractivity contribution in [2.45, 2.75) is 19.9 Å². The van der Waals surface area contributed by atoms with Gasteiger partial charge in [-0.1, -0.05) is 6.07 Å². The minimum atomic E-state index is -0.445. The molecule has 3 nitrogen and oxygen atoms in total. The van der Waals surface area contributed by atoms with Crippen molar-refractivity contribution in [3.63, 3.8) is 0 Å². The zero-order valence-corrected chi connectivity index (χ0v) is 10.0. The Morgan fingerprint density at radius 3 is 2.82 bits per heavy atom. The third-order valence-electron chi connectivity index (χ3n) is 2.92.